The van der Waals surface area contributed by atoms with Crippen LogP contribution in [-0.2, 0) is 14.4 Å². The molecule has 4 rings (SSSR count). The molecule has 14 heteroatoms. The molecule has 204 valence electrons. The Bertz CT molecular complexity index is 1580. The summed E-state index contributed by atoms with van der Waals surface area (Å²) in [5.41, 5.74) is -0.213. The van der Waals surface area contributed by atoms with Gasteiger partial charge in [-0.3, -0.25) is 29.8 Å². The van der Waals surface area contributed by atoms with E-state index in [0.717, 1.165) is 6.07 Å². The van der Waals surface area contributed by atoms with Crippen LogP contribution < -0.4 is 25.0 Å². The monoisotopic (exact) mass is 612 g/mol. The molecule has 0 atom stereocenters. The van der Waals surface area contributed by atoms with Gasteiger partial charge in [0.2, 0.25) is 0 Å². The predicted octanol–water partition coefficient (Wildman–Crippen LogP) is 4.19. The molecule has 1 fully saturated rings. The molecule has 0 spiro atoms. The molecule has 1 aliphatic heterocycles. The maximum atomic E-state index is 13.2. The van der Waals surface area contributed by atoms with Gasteiger partial charge in [0, 0.05) is 17.8 Å². The van der Waals surface area contributed by atoms with E-state index in [2.05, 4.69) is 21.2 Å². The Morgan fingerprint density at radius 2 is 1.88 bits per heavy atom. The van der Waals surface area contributed by atoms with Crippen LogP contribution >= 0.6 is 15.9 Å². The summed E-state index contributed by atoms with van der Waals surface area (Å²) in [5, 5.41) is 15.7. The number of nitrogens with zero attached hydrogens (tertiary/aromatic N) is 2. The van der Waals surface area contributed by atoms with Gasteiger partial charge < -0.3 is 14.8 Å². The molecule has 40 heavy (non-hydrogen) atoms. The first-order valence-corrected chi connectivity index (χ1v) is 12.1. The van der Waals surface area contributed by atoms with Crippen molar-refractivity contribution in [1.82, 2.24) is 5.32 Å². The van der Waals surface area contributed by atoms with E-state index in [-0.39, 0.29) is 22.9 Å². The van der Waals surface area contributed by atoms with Gasteiger partial charge in [-0.1, -0.05) is 6.07 Å². The number of benzene rings is 3. The number of carbonyl (C=O) groups is 4. The molecule has 0 radical (unpaired) electrons. The van der Waals surface area contributed by atoms with Crippen LogP contribution in [-0.4, -0.2) is 42.4 Å². The number of non-ortho nitro benzene ring substituents is 1. The summed E-state index contributed by atoms with van der Waals surface area (Å²) in [6.45, 7) is -0.423. The van der Waals surface area contributed by atoms with Crippen molar-refractivity contribution in [3.05, 3.63) is 92.2 Å². The first kappa shape index (κ1) is 27.9. The molecule has 0 bridgehead atoms. The zero-order valence-electron chi connectivity index (χ0n) is 20.5. The zero-order chi connectivity index (χ0) is 29.0. The average Bonchev–Trinajstić information content (AvgIpc) is 2.91. The lowest BCUT2D eigenvalue weighted by Crippen LogP contribution is -2.54. The Kier molecular flexibility index (Phi) is 8.19. The largest absolute Gasteiger partial charge is 0.493 e. The Morgan fingerprint density at radius 1 is 1.15 bits per heavy atom. The number of carbonyl (C=O) groups excluding carboxylic acids is 4. The molecule has 2 N–H and O–H groups in total. The lowest BCUT2D eigenvalue weighted by Gasteiger charge is -2.26. The second-order valence-corrected chi connectivity index (χ2v) is 8.97. The minimum atomic E-state index is -1.06. The minimum absolute atomic E-state index is 0.100. The van der Waals surface area contributed by atoms with E-state index in [0.29, 0.717) is 20.6 Å². The van der Waals surface area contributed by atoms with Gasteiger partial charge in [-0.05, 0) is 70.0 Å². The van der Waals surface area contributed by atoms with Crippen molar-refractivity contribution in [2.24, 2.45) is 0 Å². The number of halogens is 2. The molecule has 0 unspecified atom stereocenters. The van der Waals surface area contributed by atoms with Gasteiger partial charge in [0.05, 0.1) is 22.2 Å². The van der Waals surface area contributed by atoms with Crippen LogP contribution in [0.4, 0.5) is 26.2 Å². The number of anilines is 2. The van der Waals surface area contributed by atoms with Gasteiger partial charge in [0.25, 0.3) is 23.4 Å². The van der Waals surface area contributed by atoms with Gasteiger partial charge in [-0.15, -0.1) is 0 Å². The summed E-state index contributed by atoms with van der Waals surface area (Å²) in [5.74, 6) is -2.65. The molecule has 1 heterocycles. The van der Waals surface area contributed by atoms with Gasteiger partial charge in [-0.25, -0.2) is 14.1 Å². The molecule has 0 aliphatic carbocycles. The highest BCUT2D eigenvalue weighted by Gasteiger charge is 2.37. The fraction of sp³-hybridized carbons (Fsp3) is 0.0769. The van der Waals surface area contributed by atoms with Crippen molar-refractivity contribution in [3.8, 4) is 11.5 Å². The van der Waals surface area contributed by atoms with Crippen molar-refractivity contribution >= 4 is 62.8 Å². The molecule has 3 aromatic rings. The lowest BCUT2D eigenvalue weighted by atomic mass is 10.1. The van der Waals surface area contributed by atoms with Crippen LogP contribution in [0.1, 0.15) is 5.56 Å². The van der Waals surface area contributed by atoms with E-state index in [1.165, 1.54) is 67.8 Å². The third-order valence-corrected chi connectivity index (χ3v) is 6.03. The second-order valence-electron chi connectivity index (χ2n) is 8.11. The fourth-order valence-electron chi connectivity index (χ4n) is 3.64. The summed E-state index contributed by atoms with van der Waals surface area (Å²) >= 11 is 3.32. The van der Waals surface area contributed by atoms with E-state index < -0.39 is 46.7 Å². The van der Waals surface area contributed by atoms with Crippen molar-refractivity contribution in [2.75, 3.05) is 23.9 Å². The van der Waals surface area contributed by atoms with Crippen molar-refractivity contribution in [3.63, 3.8) is 0 Å². The van der Waals surface area contributed by atoms with Crippen LogP contribution in [0.15, 0.2) is 70.7 Å². The molecule has 0 saturated carbocycles. The van der Waals surface area contributed by atoms with E-state index in [1.807, 2.05) is 5.32 Å². The van der Waals surface area contributed by atoms with Gasteiger partial charge >= 0.3 is 6.03 Å². The standard InChI is InChI=1S/C26H18BrFN4O8/c1-39-21-11-14(10-20(27)23(21)40-13-22(33)29-16-7-5-15(28)6-8-16)9-19-24(34)30-26(36)31(25(19)35)17-3-2-4-18(12-17)32(37)38/h2-12H,13H2,1H3,(H,29,33)(H,30,34,36)/b19-9-. The Morgan fingerprint density at radius 3 is 2.55 bits per heavy atom. The summed E-state index contributed by atoms with van der Waals surface area (Å²) < 4.78 is 24.3. The molecule has 1 saturated heterocycles. The number of amides is 5. The number of ether oxygens (including phenoxy) is 2. The summed E-state index contributed by atoms with van der Waals surface area (Å²) in [6.07, 6.45) is 1.20. The minimum Gasteiger partial charge on any atom is -0.493 e. The second kappa shape index (κ2) is 11.7. The predicted molar refractivity (Wildman–Crippen MR) is 143 cm³/mol. The molecule has 12 nitrogen and oxygen atoms in total. The van der Waals surface area contributed by atoms with Gasteiger partial charge in [-0.2, -0.15) is 0 Å². The van der Waals surface area contributed by atoms with E-state index in [9.17, 15) is 33.7 Å². The highest BCUT2D eigenvalue weighted by Crippen LogP contribution is 2.37. The Balaban J connectivity index is 1.57. The van der Waals surface area contributed by atoms with Crippen molar-refractivity contribution < 1.29 is 38.0 Å². The number of hydrogen-bond acceptors (Lipinski definition) is 8. The number of urea groups is 1. The number of nitro benzene ring substituents is 1. The first-order valence-electron chi connectivity index (χ1n) is 11.3. The Labute approximate surface area is 233 Å². The smallest absolute Gasteiger partial charge is 0.335 e. The topological polar surface area (TPSA) is 157 Å². The van der Waals surface area contributed by atoms with Crippen LogP contribution in [0.2, 0.25) is 0 Å². The van der Waals surface area contributed by atoms with E-state index in [1.54, 1.807) is 0 Å². The average molecular weight is 613 g/mol. The molecular formula is C26H18BrFN4O8. The number of imide groups is 2. The number of nitro groups is 1. The highest BCUT2D eigenvalue weighted by atomic mass is 79.9. The normalized spacial score (nSPS) is 14.1. The van der Waals surface area contributed by atoms with Crippen molar-refractivity contribution in [2.45, 2.75) is 0 Å². The number of hydrogen-bond donors (Lipinski definition) is 2. The highest BCUT2D eigenvalue weighted by molar-refractivity contribution is 9.10. The molecular weight excluding hydrogens is 595 g/mol. The third kappa shape index (κ3) is 6.13. The van der Waals surface area contributed by atoms with Crippen molar-refractivity contribution in [1.29, 1.82) is 0 Å². The fourth-order valence-corrected chi connectivity index (χ4v) is 4.21. The van der Waals surface area contributed by atoms with Crippen LogP contribution in [0.25, 0.3) is 6.08 Å². The lowest BCUT2D eigenvalue weighted by molar-refractivity contribution is -0.384. The summed E-state index contributed by atoms with van der Waals surface area (Å²) in [6, 6.07) is 11.9. The van der Waals surface area contributed by atoms with Crippen LogP contribution in [0.3, 0.4) is 0 Å². The third-order valence-electron chi connectivity index (χ3n) is 5.44. The number of rotatable bonds is 8. The molecule has 3 aromatic carbocycles. The summed E-state index contributed by atoms with van der Waals surface area (Å²) in [4.78, 5) is 61.5. The van der Waals surface area contributed by atoms with Gasteiger partial charge in [0.1, 0.15) is 11.4 Å². The molecule has 1 aliphatic rings. The van der Waals surface area contributed by atoms with E-state index in [4.69, 9.17) is 9.47 Å². The van der Waals surface area contributed by atoms with Crippen LogP contribution in [0.5, 0.6) is 11.5 Å². The number of methoxy groups -OCH3 is 1. The molecule has 0 aromatic heterocycles. The summed E-state index contributed by atoms with van der Waals surface area (Å²) in [7, 11) is 1.34. The molecule has 5 amide bonds. The SMILES string of the molecule is COc1cc(/C=C2/C(=O)NC(=O)N(c3cccc([N+](=O)[O-])c3)C2=O)cc(Br)c1OCC(=O)Nc1ccc(F)cc1. The van der Waals surface area contributed by atoms with E-state index >= 15 is 0 Å². The maximum absolute atomic E-state index is 13.2. The van der Waals surface area contributed by atoms with Crippen LogP contribution in [0, 0.1) is 15.9 Å². The first-order chi connectivity index (χ1) is 19.1. The maximum Gasteiger partial charge on any atom is 0.335 e. The number of nitrogens with one attached hydrogen (secondary N) is 2. The number of barbiturate groups is 1. The van der Waals surface area contributed by atoms with Gasteiger partial charge in [0.15, 0.2) is 18.1 Å². The zero-order valence-corrected chi connectivity index (χ0v) is 22.1. The Hall–Kier alpha value is -5.11. The quantitative estimate of drug-likeness (QED) is 0.166.